The minimum Gasteiger partial charge on any atom is -0.377 e. The third-order valence-corrected chi connectivity index (χ3v) is 6.87. The zero-order valence-electron chi connectivity index (χ0n) is 17.6. The monoisotopic (exact) mass is 447 g/mol. The lowest BCUT2D eigenvalue weighted by Gasteiger charge is -2.34. The van der Waals surface area contributed by atoms with Gasteiger partial charge in [0.15, 0.2) is 5.78 Å². The molecule has 10 heteroatoms. The summed E-state index contributed by atoms with van der Waals surface area (Å²) in [6.45, 7) is 5.79. The summed E-state index contributed by atoms with van der Waals surface area (Å²) in [5.74, 6) is -0.293. The Morgan fingerprint density at radius 2 is 1.87 bits per heavy atom. The molecule has 0 amide bonds. The van der Waals surface area contributed by atoms with Crippen LogP contribution in [0.1, 0.15) is 29.8 Å². The Kier molecular flexibility index (Phi) is 6.73. The second-order valence-electron chi connectivity index (χ2n) is 7.64. The number of nitrogens with zero attached hydrogens (tertiary/aromatic N) is 2. The number of morpholine rings is 1. The van der Waals surface area contributed by atoms with Crippen LogP contribution in [0.5, 0.6) is 0 Å². The third-order valence-electron chi connectivity index (χ3n) is 5.04. The van der Waals surface area contributed by atoms with Crippen LogP contribution in [0.2, 0.25) is 0 Å². The van der Waals surface area contributed by atoms with Crippen molar-refractivity contribution in [2.75, 3.05) is 25.0 Å². The van der Waals surface area contributed by atoms with Gasteiger partial charge in [-0.2, -0.15) is 4.31 Å². The number of nitro groups is 1. The Morgan fingerprint density at radius 3 is 2.48 bits per heavy atom. The van der Waals surface area contributed by atoms with Crippen LogP contribution in [-0.4, -0.2) is 55.3 Å². The maximum Gasteiger partial charge on any atom is 0.269 e. The van der Waals surface area contributed by atoms with Gasteiger partial charge in [0.1, 0.15) is 0 Å². The molecular weight excluding hydrogens is 422 g/mol. The molecule has 1 fully saturated rings. The highest BCUT2D eigenvalue weighted by Gasteiger charge is 2.32. The standard InChI is InChI=1S/C21H25N3O6S/c1-14-9-18(24(26)27)7-8-20(14)22-11-21(25)17-5-4-6-19(10-17)31(28,29)23-12-15(2)30-16(3)13-23/h4-10,15-16,22H,11-13H2,1-3H3. The topological polar surface area (TPSA) is 119 Å². The third kappa shape index (κ3) is 5.27. The summed E-state index contributed by atoms with van der Waals surface area (Å²) in [6, 6.07) is 10.3. The van der Waals surface area contributed by atoms with Gasteiger partial charge in [-0.05, 0) is 44.5 Å². The van der Waals surface area contributed by atoms with E-state index in [0.717, 1.165) is 0 Å². The number of non-ortho nitro benzene ring substituents is 1. The molecule has 9 nitrogen and oxygen atoms in total. The van der Waals surface area contributed by atoms with E-state index >= 15 is 0 Å². The predicted octanol–water partition coefficient (Wildman–Crippen LogP) is 3.00. The highest BCUT2D eigenvalue weighted by atomic mass is 32.2. The Hall–Kier alpha value is -2.82. The normalized spacial score (nSPS) is 19.7. The van der Waals surface area contributed by atoms with Gasteiger partial charge < -0.3 is 10.1 Å². The fourth-order valence-electron chi connectivity index (χ4n) is 3.54. The molecule has 1 aliphatic rings. The lowest BCUT2D eigenvalue weighted by Crippen LogP contribution is -2.48. The number of hydrogen-bond donors (Lipinski definition) is 1. The molecule has 2 unspecified atom stereocenters. The van der Waals surface area contributed by atoms with Gasteiger partial charge in [0.2, 0.25) is 10.0 Å². The van der Waals surface area contributed by atoms with Gasteiger partial charge in [0, 0.05) is 36.5 Å². The van der Waals surface area contributed by atoms with Crippen molar-refractivity contribution in [3.8, 4) is 0 Å². The molecule has 0 spiro atoms. The quantitative estimate of drug-likeness (QED) is 0.394. The predicted molar refractivity (Wildman–Crippen MR) is 116 cm³/mol. The number of benzene rings is 2. The number of ether oxygens (including phenoxy) is 1. The molecule has 0 aromatic heterocycles. The summed E-state index contributed by atoms with van der Waals surface area (Å²) >= 11 is 0. The molecule has 2 aromatic carbocycles. The minimum atomic E-state index is -3.75. The van der Waals surface area contributed by atoms with Gasteiger partial charge in [-0.15, -0.1) is 0 Å². The van der Waals surface area contributed by atoms with Crippen molar-refractivity contribution in [2.45, 2.75) is 37.9 Å². The van der Waals surface area contributed by atoms with E-state index in [4.69, 9.17) is 4.74 Å². The van der Waals surface area contributed by atoms with E-state index in [1.54, 1.807) is 25.1 Å². The molecule has 1 heterocycles. The lowest BCUT2D eigenvalue weighted by molar-refractivity contribution is -0.384. The van der Waals surface area contributed by atoms with Crippen LogP contribution in [-0.2, 0) is 14.8 Å². The van der Waals surface area contributed by atoms with Crippen LogP contribution in [0.4, 0.5) is 11.4 Å². The number of sulfonamides is 1. The van der Waals surface area contributed by atoms with Crippen LogP contribution in [0.3, 0.4) is 0 Å². The fraction of sp³-hybridized carbons (Fsp3) is 0.381. The van der Waals surface area contributed by atoms with Gasteiger partial charge in [0.05, 0.1) is 28.6 Å². The van der Waals surface area contributed by atoms with Crippen molar-refractivity contribution in [1.29, 1.82) is 0 Å². The van der Waals surface area contributed by atoms with Crippen molar-refractivity contribution in [2.24, 2.45) is 0 Å². The van der Waals surface area contributed by atoms with E-state index in [9.17, 15) is 23.3 Å². The summed E-state index contributed by atoms with van der Waals surface area (Å²) in [7, 11) is -3.75. The van der Waals surface area contributed by atoms with Gasteiger partial charge in [-0.25, -0.2) is 8.42 Å². The molecule has 166 valence electrons. The first-order valence-electron chi connectivity index (χ1n) is 9.85. The van der Waals surface area contributed by atoms with E-state index < -0.39 is 14.9 Å². The van der Waals surface area contributed by atoms with Crippen LogP contribution in [0, 0.1) is 17.0 Å². The molecule has 0 bridgehead atoms. The zero-order valence-corrected chi connectivity index (χ0v) is 18.4. The number of rotatable bonds is 7. The van der Waals surface area contributed by atoms with Crippen LogP contribution >= 0.6 is 0 Å². The number of nitrogens with one attached hydrogen (secondary N) is 1. The maximum absolute atomic E-state index is 13.1. The number of hydrogen-bond acceptors (Lipinski definition) is 7. The summed E-state index contributed by atoms with van der Waals surface area (Å²) in [4.78, 5) is 23.1. The second kappa shape index (κ2) is 9.13. The van der Waals surface area contributed by atoms with Gasteiger partial charge in [-0.3, -0.25) is 14.9 Å². The van der Waals surface area contributed by atoms with Crippen molar-refractivity contribution < 1.29 is 22.9 Å². The van der Waals surface area contributed by atoms with Crippen LogP contribution < -0.4 is 5.32 Å². The molecule has 0 aliphatic carbocycles. The zero-order chi connectivity index (χ0) is 22.8. The molecule has 0 saturated carbocycles. The molecule has 1 saturated heterocycles. The SMILES string of the molecule is Cc1cc([N+](=O)[O-])ccc1NCC(=O)c1cccc(S(=O)(=O)N2CC(C)OC(C)C2)c1. The van der Waals surface area contributed by atoms with Crippen molar-refractivity contribution >= 4 is 27.2 Å². The first-order valence-corrected chi connectivity index (χ1v) is 11.3. The number of carbonyl (C=O) groups is 1. The highest BCUT2D eigenvalue weighted by Crippen LogP contribution is 2.23. The van der Waals surface area contributed by atoms with Crippen molar-refractivity contribution in [3.05, 3.63) is 63.7 Å². The average molecular weight is 448 g/mol. The number of ketones is 1. The number of Topliss-reactive ketones (excluding diaryl/α,β-unsaturated/α-hetero) is 1. The van der Waals surface area contributed by atoms with E-state index in [1.807, 2.05) is 13.8 Å². The summed E-state index contributed by atoms with van der Waals surface area (Å²) in [5, 5.41) is 13.8. The van der Waals surface area contributed by atoms with Gasteiger partial charge >= 0.3 is 0 Å². The summed E-state index contributed by atoms with van der Waals surface area (Å²) < 4.78 is 33.1. The largest absolute Gasteiger partial charge is 0.377 e. The molecule has 0 radical (unpaired) electrons. The Balaban J connectivity index is 1.74. The first kappa shape index (κ1) is 22.9. The Morgan fingerprint density at radius 1 is 1.19 bits per heavy atom. The van der Waals surface area contributed by atoms with E-state index in [0.29, 0.717) is 11.3 Å². The number of nitro benzene ring substituents is 1. The minimum absolute atomic E-state index is 0.0287. The van der Waals surface area contributed by atoms with Crippen LogP contribution in [0.15, 0.2) is 47.4 Å². The fourth-order valence-corrected chi connectivity index (χ4v) is 5.18. The number of carbonyl (C=O) groups excluding carboxylic acids is 1. The second-order valence-corrected chi connectivity index (χ2v) is 9.58. The maximum atomic E-state index is 13.1. The summed E-state index contributed by atoms with van der Waals surface area (Å²) in [6.07, 6.45) is -0.421. The Labute approximate surface area is 181 Å². The van der Waals surface area contributed by atoms with Crippen LogP contribution in [0.25, 0.3) is 0 Å². The Bertz CT molecular complexity index is 1090. The molecule has 1 aliphatic heterocycles. The van der Waals surface area contributed by atoms with Crippen molar-refractivity contribution in [1.82, 2.24) is 4.31 Å². The molecular formula is C21H25N3O6S. The van der Waals surface area contributed by atoms with Gasteiger partial charge in [-0.1, -0.05) is 12.1 Å². The highest BCUT2D eigenvalue weighted by molar-refractivity contribution is 7.89. The van der Waals surface area contributed by atoms with E-state index in [1.165, 1.54) is 28.6 Å². The molecule has 2 aromatic rings. The lowest BCUT2D eigenvalue weighted by atomic mass is 10.1. The van der Waals surface area contributed by atoms with Gasteiger partial charge in [0.25, 0.3) is 5.69 Å². The summed E-state index contributed by atoms with van der Waals surface area (Å²) in [5.41, 5.74) is 1.47. The van der Waals surface area contributed by atoms with E-state index in [2.05, 4.69) is 5.32 Å². The molecule has 31 heavy (non-hydrogen) atoms. The number of aryl methyl sites for hydroxylation is 1. The van der Waals surface area contributed by atoms with Crippen molar-refractivity contribution in [3.63, 3.8) is 0 Å². The number of anilines is 1. The molecule has 2 atom stereocenters. The smallest absolute Gasteiger partial charge is 0.269 e. The first-order chi connectivity index (χ1) is 14.6. The average Bonchev–Trinajstić information content (AvgIpc) is 2.72. The van der Waals surface area contributed by atoms with E-state index in [-0.39, 0.29) is 53.8 Å². The molecule has 3 rings (SSSR count). The molecule has 1 N–H and O–H groups in total.